The Morgan fingerprint density at radius 2 is 2.00 bits per heavy atom. The van der Waals surface area contributed by atoms with Crippen LogP contribution in [0.15, 0.2) is 18.2 Å². The molecule has 1 fully saturated rings. The van der Waals surface area contributed by atoms with Crippen LogP contribution in [0, 0.1) is 18.7 Å². The molecular formula is C17H26FNO. The molecule has 0 spiro atoms. The van der Waals surface area contributed by atoms with Gasteiger partial charge in [0.2, 0.25) is 0 Å². The number of benzene rings is 1. The Hall–Kier alpha value is -0.930. The van der Waals surface area contributed by atoms with Crippen LogP contribution < -0.4 is 5.73 Å². The van der Waals surface area contributed by atoms with Gasteiger partial charge in [-0.3, -0.25) is 0 Å². The summed E-state index contributed by atoms with van der Waals surface area (Å²) in [5.74, 6) is 0.363. The molecule has 0 heterocycles. The molecule has 1 aromatic carbocycles. The second kappa shape index (κ2) is 7.19. The fourth-order valence-electron chi connectivity index (χ4n) is 3.41. The van der Waals surface area contributed by atoms with Crippen molar-refractivity contribution < 1.29 is 9.13 Å². The summed E-state index contributed by atoms with van der Waals surface area (Å²) < 4.78 is 19.0. The fraction of sp³-hybridized carbons (Fsp3) is 0.647. The van der Waals surface area contributed by atoms with Crippen molar-refractivity contribution in [3.05, 3.63) is 35.1 Å². The van der Waals surface area contributed by atoms with Crippen LogP contribution in [0.25, 0.3) is 0 Å². The SMILES string of the molecule is COC(C(N)Cc1cc(F)ccc1C)C1CCCCC1. The van der Waals surface area contributed by atoms with E-state index in [-0.39, 0.29) is 18.0 Å². The quantitative estimate of drug-likeness (QED) is 0.894. The van der Waals surface area contributed by atoms with E-state index in [4.69, 9.17) is 10.5 Å². The summed E-state index contributed by atoms with van der Waals surface area (Å²) in [6.07, 6.45) is 7.04. The summed E-state index contributed by atoms with van der Waals surface area (Å²) in [5, 5.41) is 0. The molecule has 0 aliphatic heterocycles. The maximum Gasteiger partial charge on any atom is 0.123 e. The van der Waals surface area contributed by atoms with Gasteiger partial charge in [0.25, 0.3) is 0 Å². The first kappa shape index (κ1) is 15.5. The molecule has 3 heteroatoms. The molecule has 0 saturated heterocycles. The molecule has 1 aliphatic carbocycles. The number of nitrogens with two attached hydrogens (primary N) is 1. The Morgan fingerprint density at radius 1 is 1.30 bits per heavy atom. The molecule has 0 amide bonds. The van der Waals surface area contributed by atoms with E-state index in [9.17, 15) is 4.39 Å². The standard InChI is InChI=1S/C17H26FNO/c1-12-8-9-15(18)10-14(12)11-16(19)17(20-2)13-6-4-3-5-7-13/h8-10,13,16-17H,3-7,11,19H2,1-2H3. The molecule has 0 radical (unpaired) electrons. The molecule has 2 rings (SSSR count). The van der Waals surface area contributed by atoms with Gasteiger partial charge in [0.05, 0.1) is 6.10 Å². The van der Waals surface area contributed by atoms with E-state index in [2.05, 4.69) is 0 Å². The third kappa shape index (κ3) is 3.80. The van der Waals surface area contributed by atoms with Gasteiger partial charge in [0.1, 0.15) is 5.82 Å². The van der Waals surface area contributed by atoms with Crippen molar-refractivity contribution in [2.24, 2.45) is 11.7 Å². The molecule has 2 nitrogen and oxygen atoms in total. The minimum atomic E-state index is -0.190. The molecule has 1 aromatic rings. The normalized spacial score (nSPS) is 19.8. The van der Waals surface area contributed by atoms with Gasteiger partial charge in [-0.05, 0) is 55.4 Å². The summed E-state index contributed by atoms with van der Waals surface area (Å²) >= 11 is 0. The van der Waals surface area contributed by atoms with Gasteiger partial charge >= 0.3 is 0 Å². The van der Waals surface area contributed by atoms with Crippen LogP contribution in [0.2, 0.25) is 0 Å². The van der Waals surface area contributed by atoms with Crippen molar-refractivity contribution in [2.45, 2.75) is 57.6 Å². The smallest absolute Gasteiger partial charge is 0.123 e. The highest BCUT2D eigenvalue weighted by Gasteiger charge is 2.28. The van der Waals surface area contributed by atoms with Crippen LogP contribution >= 0.6 is 0 Å². The molecule has 2 atom stereocenters. The molecule has 2 N–H and O–H groups in total. The maximum atomic E-state index is 13.4. The second-order valence-corrected chi connectivity index (χ2v) is 6.04. The van der Waals surface area contributed by atoms with E-state index in [0.717, 1.165) is 11.1 Å². The molecule has 0 bridgehead atoms. The molecule has 1 saturated carbocycles. The first-order chi connectivity index (χ1) is 9.61. The molecular weight excluding hydrogens is 253 g/mol. The van der Waals surface area contributed by atoms with Crippen molar-refractivity contribution in [3.63, 3.8) is 0 Å². The minimum absolute atomic E-state index is 0.0661. The predicted molar refractivity (Wildman–Crippen MR) is 80.2 cm³/mol. The fourth-order valence-corrected chi connectivity index (χ4v) is 3.41. The first-order valence-corrected chi connectivity index (χ1v) is 7.65. The number of ether oxygens (including phenoxy) is 1. The third-order valence-electron chi connectivity index (χ3n) is 4.58. The number of halogens is 1. The Balaban J connectivity index is 2.04. The number of hydrogen-bond acceptors (Lipinski definition) is 2. The summed E-state index contributed by atoms with van der Waals surface area (Å²) in [6, 6.07) is 4.85. The van der Waals surface area contributed by atoms with Crippen LogP contribution in [0.1, 0.15) is 43.2 Å². The average Bonchev–Trinajstić information content (AvgIpc) is 2.45. The zero-order valence-corrected chi connectivity index (χ0v) is 12.6. The van der Waals surface area contributed by atoms with Gasteiger partial charge in [-0.15, -0.1) is 0 Å². The molecule has 2 unspecified atom stereocenters. The van der Waals surface area contributed by atoms with E-state index >= 15 is 0 Å². The lowest BCUT2D eigenvalue weighted by molar-refractivity contribution is 0.0178. The number of methoxy groups -OCH3 is 1. The molecule has 20 heavy (non-hydrogen) atoms. The topological polar surface area (TPSA) is 35.2 Å². The van der Waals surface area contributed by atoms with E-state index in [0.29, 0.717) is 12.3 Å². The van der Waals surface area contributed by atoms with Crippen LogP contribution in [0.3, 0.4) is 0 Å². The summed E-state index contributed by atoms with van der Waals surface area (Å²) in [6.45, 7) is 2.00. The monoisotopic (exact) mass is 279 g/mol. The Morgan fingerprint density at radius 3 is 2.65 bits per heavy atom. The van der Waals surface area contributed by atoms with Crippen LogP contribution in [-0.2, 0) is 11.2 Å². The van der Waals surface area contributed by atoms with Crippen molar-refractivity contribution >= 4 is 0 Å². The number of hydrogen-bond donors (Lipinski definition) is 1. The zero-order chi connectivity index (χ0) is 14.5. The van der Waals surface area contributed by atoms with E-state index in [1.165, 1.54) is 38.2 Å². The third-order valence-corrected chi connectivity index (χ3v) is 4.58. The van der Waals surface area contributed by atoms with Gasteiger partial charge in [0.15, 0.2) is 0 Å². The van der Waals surface area contributed by atoms with Crippen molar-refractivity contribution in [3.8, 4) is 0 Å². The van der Waals surface area contributed by atoms with E-state index in [1.807, 2.05) is 13.0 Å². The lowest BCUT2D eigenvalue weighted by Crippen LogP contribution is -2.43. The lowest BCUT2D eigenvalue weighted by Gasteiger charge is -2.33. The summed E-state index contributed by atoms with van der Waals surface area (Å²) in [4.78, 5) is 0. The zero-order valence-electron chi connectivity index (χ0n) is 12.6. The highest BCUT2D eigenvalue weighted by molar-refractivity contribution is 5.27. The maximum absolute atomic E-state index is 13.4. The van der Waals surface area contributed by atoms with Crippen LogP contribution in [-0.4, -0.2) is 19.3 Å². The molecule has 1 aliphatic rings. The molecule has 0 aromatic heterocycles. The minimum Gasteiger partial charge on any atom is -0.380 e. The highest BCUT2D eigenvalue weighted by Crippen LogP contribution is 2.29. The van der Waals surface area contributed by atoms with Crippen molar-refractivity contribution in [1.29, 1.82) is 0 Å². The van der Waals surface area contributed by atoms with E-state index < -0.39 is 0 Å². The number of aryl methyl sites for hydroxylation is 1. The predicted octanol–water partition coefficient (Wildman–Crippen LogP) is 3.60. The average molecular weight is 279 g/mol. The first-order valence-electron chi connectivity index (χ1n) is 7.65. The van der Waals surface area contributed by atoms with Gasteiger partial charge in [0, 0.05) is 13.2 Å². The van der Waals surface area contributed by atoms with Crippen LogP contribution in [0.4, 0.5) is 4.39 Å². The van der Waals surface area contributed by atoms with Crippen molar-refractivity contribution in [2.75, 3.05) is 7.11 Å². The van der Waals surface area contributed by atoms with Gasteiger partial charge in [-0.1, -0.05) is 25.3 Å². The Kier molecular flexibility index (Phi) is 5.55. The lowest BCUT2D eigenvalue weighted by atomic mass is 9.81. The largest absolute Gasteiger partial charge is 0.380 e. The summed E-state index contributed by atoms with van der Waals surface area (Å²) in [5.41, 5.74) is 8.46. The second-order valence-electron chi connectivity index (χ2n) is 6.04. The highest BCUT2D eigenvalue weighted by atomic mass is 19.1. The van der Waals surface area contributed by atoms with Crippen LogP contribution in [0.5, 0.6) is 0 Å². The van der Waals surface area contributed by atoms with Gasteiger partial charge in [-0.2, -0.15) is 0 Å². The Labute approximate surface area is 121 Å². The number of rotatable bonds is 5. The molecule has 112 valence electrons. The summed E-state index contributed by atoms with van der Waals surface area (Å²) in [7, 11) is 1.75. The van der Waals surface area contributed by atoms with Gasteiger partial charge < -0.3 is 10.5 Å². The van der Waals surface area contributed by atoms with E-state index in [1.54, 1.807) is 13.2 Å². The Bertz CT molecular complexity index is 429. The van der Waals surface area contributed by atoms with Gasteiger partial charge in [-0.25, -0.2) is 4.39 Å². The van der Waals surface area contributed by atoms with Crippen molar-refractivity contribution in [1.82, 2.24) is 0 Å².